The number of nitrogens with zero attached hydrogens (tertiary/aromatic N) is 1. The second kappa shape index (κ2) is 10.6. The summed E-state index contributed by atoms with van der Waals surface area (Å²) in [5, 5.41) is 7.04. The minimum atomic E-state index is -0.297. The van der Waals surface area contributed by atoms with Crippen molar-refractivity contribution in [2.45, 2.75) is 13.8 Å². The molecule has 0 aliphatic carbocycles. The number of amides is 1. The highest BCUT2D eigenvalue weighted by molar-refractivity contribution is 14.1. The fourth-order valence-electron chi connectivity index (χ4n) is 3.11. The minimum Gasteiger partial charge on any atom is -0.493 e. The van der Waals surface area contributed by atoms with E-state index in [1.807, 2.05) is 36.4 Å². The molecular weight excluding hydrogens is 565 g/mol. The van der Waals surface area contributed by atoms with Gasteiger partial charge in [-0.2, -0.15) is 0 Å². The Hall–Kier alpha value is -2.56. The van der Waals surface area contributed by atoms with Crippen LogP contribution >= 0.6 is 46.1 Å². The molecule has 3 aromatic carbocycles. The average Bonchev–Trinajstić information content (AvgIpc) is 3.23. The Bertz CT molecular complexity index is 1290. The second-order valence-corrected chi connectivity index (χ2v) is 10.5. The molecule has 0 radical (unpaired) electrons. The molecule has 8 heteroatoms. The number of para-hydroxylation sites is 1. The van der Waals surface area contributed by atoms with Gasteiger partial charge in [0.2, 0.25) is 0 Å². The van der Waals surface area contributed by atoms with Crippen LogP contribution in [0.5, 0.6) is 5.75 Å². The fourth-order valence-corrected chi connectivity index (χ4v) is 4.80. The number of carbonyl (C=O) groups excluding carboxylic acids is 1. The predicted molar refractivity (Wildman–Crippen MR) is 148 cm³/mol. The normalized spacial score (nSPS) is 10.9. The van der Waals surface area contributed by atoms with E-state index in [4.69, 9.17) is 21.9 Å². The zero-order valence-electron chi connectivity index (χ0n) is 18.1. The third-order valence-corrected chi connectivity index (χ3v) is 6.61. The van der Waals surface area contributed by atoms with Crippen LogP contribution in [0.2, 0.25) is 0 Å². The van der Waals surface area contributed by atoms with Gasteiger partial charge in [-0.15, -0.1) is 11.3 Å². The molecule has 33 heavy (non-hydrogen) atoms. The number of thiazole rings is 1. The number of hydrogen-bond acceptors (Lipinski definition) is 5. The summed E-state index contributed by atoms with van der Waals surface area (Å²) in [5.74, 6) is 0.762. The number of hydrogen-bond donors (Lipinski definition) is 2. The van der Waals surface area contributed by atoms with Crippen LogP contribution in [-0.4, -0.2) is 22.6 Å². The maximum Gasteiger partial charge on any atom is 0.257 e. The van der Waals surface area contributed by atoms with Gasteiger partial charge >= 0.3 is 0 Å². The molecule has 4 aromatic rings. The summed E-state index contributed by atoms with van der Waals surface area (Å²) >= 11 is 9.34. The van der Waals surface area contributed by atoms with Gasteiger partial charge in [-0.1, -0.05) is 32.0 Å². The number of aromatic nitrogens is 1. The third-order valence-electron chi connectivity index (χ3n) is 4.66. The highest BCUT2D eigenvalue weighted by Crippen LogP contribution is 2.35. The molecule has 0 aliphatic rings. The van der Waals surface area contributed by atoms with E-state index in [9.17, 15) is 4.79 Å². The number of carbonyl (C=O) groups is 1. The number of nitrogens with one attached hydrogen (secondary N) is 2. The van der Waals surface area contributed by atoms with Crippen molar-refractivity contribution < 1.29 is 9.53 Å². The Morgan fingerprint density at radius 2 is 1.94 bits per heavy atom. The molecule has 2 N–H and O–H groups in total. The van der Waals surface area contributed by atoms with Gasteiger partial charge in [0.25, 0.3) is 5.91 Å². The smallest absolute Gasteiger partial charge is 0.257 e. The largest absolute Gasteiger partial charge is 0.493 e. The Labute approximate surface area is 215 Å². The lowest BCUT2D eigenvalue weighted by Crippen LogP contribution is -2.34. The monoisotopic (exact) mass is 587 g/mol. The number of fused-ring (bicyclic) bond motifs is 1. The maximum absolute atomic E-state index is 12.8. The number of halogens is 1. The zero-order chi connectivity index (χ0) is 23.4. The lowest BCUT2D eigenvalue weighted by molar-refractivity contribution is 0.0977. The molecule has 0 aliphatic heterocycles. The van der Waals surface area contributed by atoms with E-state index < -0.39 is 0 Å². The maximum atomic E-state index is 12.8. The summed E-state index contributed by atoms with van der Waals surface area (Å²) in [7, 11) is 0. The van der Waals surface area contributed by atoms with Gasteiger partial charge in [0.15, 0.2) is 5.11 Å². The molecule has 0 bridgehead atoms. The van der Waals surface area contributed by atoms with Gasteiger partial charge < -0.3 is 10.1 Å². The van der Waals surface area contributed by atoms with Crippen LogP contribution in [0.15, 0.2) is 66.7 Å². The summed E-state index contributed by atoms with van der Waals surface area (Å²) in [4.78, 5) is 17.5. The lowest BCUT2D eigenvalue weighted by Gasteiger charge is -2.14. The lowest BCUT2D eigenvalue weighted by atomic mass is 10.2. The van der Waals surface area contributed by atoms with Crippen molar-refractivity contribution in [2.24, 2.45) is 5.92 Å². The number of ether oxygens (including phenoxy) is 1. The molecule has 0 spiro atoms. The molecule has 168 valence electrons. The van der Waals surface area contributed by atoms with Gasteiger partial charge in [0, 0.05) is 14.7 Å². The molecular formula is C25H22IN3O2S2. The van der Waals surface area contributed by atoms with E-state index in [2.05, 4.69) is 59.2 Å². The highest BCUT2D eigenvalue weighted by atomic mass is 127. The number of anilines is 1. The Balaban J connectivity index is 1.50. The van der Waals surface area contributed by atoms with Crippen molar-refractivity contribution >= 4 is 73.1 Å². The van der Waals surface area contributed by atoms with Gasteiger partial charge in [-0.05, 0) is 89.3 Å². The average molecular weight is 588 g/mol. The van der Waals surface area contributed by atoms with Gasteiger partial charge in [-0.3, -0.25) is 10.1 Å². The Kier molecular flexibility index (Phi) is 7.56. The van der Waals surface area contributed by atoms with Crippen molar-refractivity contribution in [3.63, 3.8) is 0 Å². The van der Waals surface area contributed by atoms with E-state index in [-0.39, 0.29) is 11.0 Å². The molecule has 1 amide bonds. The van der Waals surface area contributed by atoms with Crippen molar-refractivity contribution in [1.82, 2.24) is 10.3 Å². The van der Waals surface area contributed by atoms with Crippen LogP contribution < -0.4 is 15.4 Å². The molecule has 1 heterocycles. The van der Waals surface area contributed by atoms with E-state index in [0.29, 0.717) is 23.8 Å². The molecule has 0 saturated carbocycles. The topological polar surface area (TPSA) is 63.2 Å². The second-order valence-electron chi connectivity index (χ2n) is 7.82. The first kappa shape index (κ1) is 23.6. The van der Waals surface area contributed by atoms with Crippen LogP contribution in [0.1, 0.15) is 24.2 Å². The van der Waals surface area contributed by atoms with Gasteiger partial charge in [0.1, 0.15) is 10.8 Å². The molecule has 0 unspecified atom stereocenters. The molecule has 5 nitrogen and oxygen atoms in total. The van der Waals surface area contributed by atoms with E-state index in [1.165, 1.54) is 0 Å². The standard InChI is InChI=1S/C25H22IN3O2S2/c1-15(2)14-31-18-7-5-6-16(12-18)23(30)29-25(32)28-20-11-10-17(26)13-19(20)24-27-21-8-3-4-9-22(21)33-24/h3-13,15H,14H2,1-2H3,(H2,28,29,30,32). The summed E-state index contributed by atoms with van der Waals surface area (Å²) < 4.78 is 7.93. The Morgan fingerprint density at radius 1 is 1.12 bits per heavy atom. The quantitative estimate of drug-likeness (QED) is 0.194. The fraction of sp³-hybridized carbons (Fsp3) is 0.160. The van der Waals surface area contributed by atoms with E-state index >= 15 is 0 Å². The first-order valence-corrected chi connectivity index (χ1v) is 12.7. The summed E-state index contributed by atoms with van der Waals surface area (Å²) in [6, 6.07) is 21.1. The van der Waals surface area contributed by atoms with Crippen molar-refractivity contribution in [3.8, 4) is 16.3 Å². The van der Waals surface area contributed by atoms with Crippen LogP contribution in [0.25, 0.3) is 20.8 Å². The Morgan fingerprint density at radius 3 is 2.73 bits per heavy atom. The number of thiocarbonyl (C=S) groups is 1. The predicted octanol–water partition coefficient (Wildman–Crippen LogP) is 6.73. The molecule has 0 atom stereocenters. The minimum absolute atomic E-state index is 0.220. The molecule has 1 aromatic heterocycles. The van der Waals surface area contributed by atoms with Gasteiger partial charge in [0.05, 0.1) is 22.5 Å². The first-order valence-electron chi connectivity index (χ1n) is 10.4. The van der Waals surface area contributed by atoms with Gasteiger partial charge in [-0.25, -0.2) is 4.98 Å². The van der Waals surface area contributed by atoms with Crippen LogP contribution in [0.3, 0.4) is 0 Å². The van der Waals surface area contributed by atoms with Crippen LogP contribution in [0, 0.1) is 9.49 Å². The van der Waals surface area contributed by atoms with E-state index in [1.54, 1.807) is 29.5 Å². The highest BCUT2D eigenvalue weighted by Gasteiger charge is 2.14. The van der Waals surface area contributed by atoms with Crippen LogP contribution in [0.4, 0.5) is 5.69 Å². The number of benzene rings is 3. The summed E-state index contributed by atoms with van der Waals surface area (Å²) in [6.07, 6.45) is 0. The summed E-state index contributed by atoms with van der Waals surface area (Å²) in [6.45, 7) is 4.74. The zero-order valence-corrected chi connectivity index (χ0v) is 21.9. The van der Waals surface area contributed by atoms with E-state index in [0.717, 1.165) is 30.0 Å². The van der Waals surface area contributed by atoms with Crippen molar-refractivity contribution in [3.05, 3.63) is 75.9 Å². The van der Waals surface area contributed by atoms with Crippen LogP contribution in [-0.2, 0) is 0 Å². The first-order chi connectivity index (χ1) is 15.9. The summed E-state index contributed by atoms with van der Waals surface area (Å²) in [5.41, 5.74) is 3.16. The van der Waals surface area contributed by atoms with Crippen molar-refractivity contribution in [2.75, 3.05) is 11.9 Å². The SMILES string of the molecule is CC(C)COc1cccc(C(=O)NC(=S)Nc2ccc(I)cc2-c2nc3ccccc3s2)c1. The van der Waals surface area contributed by atoms with Crippen molar-refractivity contribution in [1.29, 1.82) is 0 Å². The molecule has 0 fully saturated rings. The molecule has 4 rings (SSSR count). The third kappa shape index (κ3) is 6.07. The molecule has 0 saturated heterocycles. The number of rotatable bonds is 6.